The lowest BCUT2D eigenvalue weighted by Crippen LogP contribution is -2.11. The number of rotatable bonds is 5. The third kappa shape index (κ3) is 6.08. The molecular weight excluding hydrogens is 328 g/mol. The Bertz CT molecular complexity index is 659. The number of hydrogen-bond donors (Lipinski definition) is 0. The topological polar surface area (TPSA) is 0 Å². The number of hydrogen-bond acceptors (Lipinski definition) is 0. The van der Waals surface area contributed by atoms with Gasteiger partial charge in [-0.2, -0.15) is 8.78 Å². The highest BCUT2D eigenvalue weighted by atomic mass is 19.3. The van der Waals surface area contributed by atoms with Crippen molar-refractivity contribution >= 4 is 0 Å². The highest BCUT2D eigenvalue weighted by molar-refractivity contribution is 5.39. The second kappa shape index (κ2) is 9.46. The molecular formula is C21H22F4. The highest BCUT2D eigenvalue weighted by Gasteiger charge is 2.19. The maximum Gasteiger partial charge on any atom is 0.266 e. The summed E-state index contributed by atoms with van der Waals surface area (Å²) < 4.78 is 52.8. The fourth-order valence-electron chi connectivity index (χ4n) is 3.12. The van der Waals surface area contributed by atoms with Crippen LogP contribution in [0.4, 0.5) is 17.6 Å². The minimum Gasteiger partial charge on any atom is -0.206 e. The van der Waals surface area contributed by atoms with Crippen LogP contribution >= 0.6 is 0 Å². The Morgan fingerprint density at radius 2 is 1.76 bits per heavy atom. The van der Waals surface area contributed by atoms with Gasteiger partial charge in [-0.25, -0.2) is 8.78 Å². The lowest BCUT2D eigenvalue weighted by molar-refractivity contribution is 0.343. The molecule has 1 aliphatic rings. The molecule has 0 unspecified atom stereocenters. The van der Waals surface area contributed by atoms with Crippen molar-refractivity contribution in [1.29, 1.82) is 0 Å². The Balaban J connectivity index is 2.00. The summed E-state index contributed by atoms with van der Waals surface area (Å²) >= 11 is 0. The normalized spacial score (nSPS) is 19.7. The molecule has 0 aromatic heterocycles. The van der Waals surface area contributed by atoms with Crippen LogP contribution in [-0.4, -0.2) is 0 Å². The summed E-state index contributed by atoms with van der Waals surface area (Å²) in [6.07, 6.45) is 5.91. The van der Waals surface area contributed by atoms with E-state index in [2.05, 4.69) is 18.4 Å². The zero-order valence-electron chi connectivity index (χ0n) is 14.1. The maximum atomic E-state index is 14.1. The fourth-order valence-corrected chi connectivity index (χ4v) is 3.12. The summed E-state index contributed by atoms with van der Waals surface area (Å²) in [6, 6.07) is 2.67. The van der Waals surface area contributed by atoms with Gasteiger partial charge in [-0.05, 0) is 74.6 Å². The number of unbranched alkanes of at least 4 members (excludes halogenated alkanes) is 1. The summed E-state index contributed by atoms with van der Waals surface area (Å²) in [7, 11) is 0. The Kier molecular flexibility index (Phi) is 7.31. The largest absolute Gasteiger partial charge is 0.266 e. The molecule has 1 aliphatic carbocycles. The van der Waals surface area contributed by atoms with Crippen LogP contribution in [0.2, 0.25) is 0 Å². The molecule has 0 spiro atoms. The fraction of sp³-hybridized carbons (Fsp3) is 0.429. The molecule has 0 nitrogen and oxygen atoms in total. The molecule has 0 aliphatic heterocycles. The van der Waals surface area contributed by atoms with Crippen molar-refractivity contribution in [2.24, 2.45) is 11.8 Å². The van der Waals surface area contributed by atoms with Gasteiger partial charge in [0.15, 0.2) is 0 Å². The molecule has 1 aromatic rings. The molecule has 2 rings (SSSR count). The van der Waals surface area contributed by atoms with Crippen molar-refractivity contribution in [2.45, 2.75) is 44.9 Å². The van der Waals surface area contributed by atoms with Gasteiger partial charge in [0.05, 0.1) is 5.56 Å². The first kappa shape index (κ1) is 19.3. The summed E-state index contributed by atoms with van der Waals surface area (Å²) in [4.78, 5) is 0. The van der Waals surface area contributed by atoms with Gasteiger partial charge < -0.3 is 0 Å². The van der Waals surface area contributed by atoms with Crippen LogP contribution in [0.3, 0.4) is 0 Å². The monoisotopic (exact) mass is 350 g/mol. The van der Waals surface area contributed by atoms with E-state index >= 15 is 0 Å². The molecule has 0 bridgehead atoms. The lowest BCUT2D eigenvalue weighted by Gasteiger charge is -2.22. The quantitative estimate of drug-likeness (QED) is 0.249. The summed E-state index contributed by atoms with van der Waals surface area (Å²) in [5.41, 5.74) is 0.409. The van der Waals surface area contributed by atoms with Gasteiger partial charge in [0, 0.05) is 5.92 Å². The van der Waals surface area contributed by atoms with Gasteiger partial charge in [0.2, 0.25) is 0 Å². The maximum absolute atomic E-state index is 14.1. The van der Waals surface area contributed by atoms with Gasteiger partial charge in [-0.15, -0.1) is 6.58 Å². The van der Waals surface area contributed by atoms with Crippen LogP contribution in [0.25, 0.3) is 0 Å². The standard InChI is InChI=1S/C21H22F4/c1-2-3-4-5-17-12-19(22)18(20(23)13-17)11-10-15-6-8-16(9-7-15)14-21(24)25/h2,12-16H,1,3-9H2. The van der Waals surface area contributed by atoms with Crippen LogP contribution < -0.4 is 0 Å². The number of benzene rings is 1. The molecule has 1 aromatic carbocycles. The van der Waals surface area contributed by atoms with E-state index in [0.717, 1.165) is 18.9 Å². The van der Waals surface area contributed by atoms with Crippen LogP contribution in [0.1, 0.15) is 49.7 Å². The van der Waals surface area contributed by atoms with Crippen molar-refractivity contribution < 1.29 is 17.6 Å². The third-order valence-corrected chi connectivity index (χ3v) is 4.51. The molecule has 0 heterocycles. The van der Waals surface area contributed by atoms with Crippen molar-refractivity contribution in [3.8, 4) is 11.8 Å². The second-order valence-electron chi connectivity index (χ2n) is 6.45. The van der Waals surface area contributed by atoms with Gasteiger partial charge in [-0.1, -0.05) is 17.9 Å². The SMILES string of the molecule is C=CCCCc1cc(F)c(C#CC2CCC(C=C(F)F)CC2)c(F)c1. The van der Waals surface area contributed by atoms with E-state index in [-0.39, 0.29) is 17.4 Å². The first-order valence-electron chi connectivity index (χ1n) is 8.62. The van der Waals surface area contributed by atoms with Gasteiger partial charge in [0.25, 0.3) is 6.08 Å². The van der Waals surface area contributed by atoms with E-state index in [1.165, 1.54) is 12.1 Å². The first-order chi connectivity index (χ1) is 12.0. The van der Waals surface area contributed by atoms with E-state index in [1.54, 1.807) is 6.08 Å². The van der Waals surface area contributed by atoms with Gasteiger partial charge >= 0.3 is 0 Å². The molecule has 134 valence electrons. The minimum atomic E-state index is -1.65. The predicted molar refractivity (Wildman–Crippen MR) is 92.1 cm³/mol. The van der Waals surface area contributed by atoms with Crippen molar-refractivity contribution in [3.05, 3.63) is 59.7 Å². The Hall–Kier alpha value is -2.02. The molecule has 4 heteroatoms. The second-order valence-corrected chi connectivity index (χ2v) is 6.45. The van der Waals surface area contributed by atoms with Gasteiger partial charge in [-0.3, -0.25) is 0 Å². The van der Waals surface area contributed by atoms with Crippen molar-refractivity contribution in [3.63, 3.8) is 0 Å². The number of aryl methyl sites for hydroxylation is 1. The Labute approximate surface area is 146 Å². The molecule has 0 amide bonds. The summed E-state index contributed by atoms with van der Waals surface area (Å²) in [5, 5.41) is 0. The summed E-state index contributed by atoms with van der Waals surface area (Å²) in [5.74, 6) is 4.13. The average molecular weight is 350 g/mol. The third-order valence-electron chi connectivity index (χ3n) is 4.51. The van der Waals surface area contributed by atoms with Crippen LogP contribution in [-0.2, 0) is 6.42 Å². The van der Waals surface area contributed by atoms with E-state index in [9.17, 15) is 17.6 Å². The predicted octanol–water partition coefficient (Wildman–Crippen LogP) is 6.41. The molecule has 1 fully saturated rings. The molecule has 0 N–H and O–H groups in total. The van der Waals surface area contributed by atoms with Crippen LogP contribution in [0.15, 0.2) is 36.9 Å². The first-order valence-corrected chi connectivity index (χ1v) is 8.62. The zero-order valence-corrected chi connectivity index (χ0v) is 14.1. The van der Waals surface area contributed by atoms with Crippen molar-refractivity contribution in [2.75, 3.05) is 0 Å². The smallest absolute Gasteiger partial charge is 0.206 e. The lowest BCUT2D eigenvalue weighted by atomic mass is 9.82. The number of halogens is 4. The van der Waals surface area contributed by atoms with E-state index in [4.69, 9.17) is 0 Å². The molecule has 1 saturated carbocycles. The Morgan fingerprint density at radius 1 is 1.12 bits per heavy atom. The molecule has 25 heavy (non-hydrogen) atoms. The average Bonchev–Trinajstić information content (AvgIpc) is 2.55. The Morgan fingerprint density at radius 3 is 2.32 bits per heavy atom. The molecule has 0 radical (unpaired) electrons. The zero-order chi connectivity index (χ0) is 18.2. The van der Waals surface area contributed by atoms with Crippen LogP contribution in [0, 0.1) is 35.3 Å². The highest BCUT2D eigenvalue weighted by Crippen LogP contribution is 2.30. The molecule has 0 atom stereocenters. The van der Waals surface area contributed by atoms with Gasteiger partial charge in [0.1, 0.15) is 11.6 Å². The molecule has 0 saturated heterocycles. The minimum absolute atomic E-state index is 0.00149. The van der Waals surface area contributed by atoms with E-state index in [0.29, 0.717) is 37.7 Å². The van der Waals surface area contributed by atoms with Crippen molar-refractivity contribution in [1.82, 2.24) is 0 Å². The summed E-state index contributed by atoms with van der Waals surface area (Å²) in [6.45, 7) is 3.62. The number of allylic oxidation sites excluding steroid dienone is 2. The van der Waals surface area contributed by atoms with E-state index < -0.39 is 17.7 Å². The van der Waals surface area contributed by atoms with Crippen LogP contribution in [0.5, 0.6) is 0 Å². The van der Waals surface area contributed by atoms with E-state index in [1.807, 2.05) is 0 Å².